The predicted octanol–water partition coefficient (Wildman–Crippen LogP) is -0.687. The number of rotatable bonds is 1. The summed E-state index contributed by atoms with van der Waals surface area (Å²) >= 11 is 0. The first kappa shape index (κ1) is 6.01. The van der Waals surface area contributed by atoms with Crippen LogP contribution in [0.5, 0.6) is 0 Å². The lowest BCUT2D eigenvalue weighted by atomic mass is 10.4. The molecule has 8 heavy (non-hydrogen) atoms. The van der Waals surface area contributed by atoms with Crippen LogP contribution >= 0.6 is 0 Å². The predicted molar refractivity (Wildman–Crippen MR) is 31.1 cm³/mol. The Balaban J connectivity index is 2.13. The summed E-state index contributed by atoms with van der Waals surface area (Å²) in [6.07, 6.45) is 0.101. The van der Waals surface area contributed by atoms with Crippen molar-refractivity contribution >= 4 is 0 Å². The molecule has 0 saturated carbocycles. The zero-order valence-corrected chi connectivity index (χ0v) is 4.98. The van der Waals surface area contributed by atoms with Crippen molar-refractivity contribution in [2.45, 2.75) is 6.23 Å². The van der Waals surface area contributed by atoms with Gasteiger partial charge in [0.1, 0.15) is 6.23 Å². The second-order valence-electron chi connectivity index (χ2n) is 1.73. The summed E-state index contributed by atoms with van der Waals surface area (Å²) in [6, 6.07) is 0. The van der Waals surface area contributed by atoms with Crippen LogP contribution in [0.4, 0.5) is 0 Å². The third-order valence-electron chi connectivity index (χ3n) is 1.14. The van der Waals surface area contributed by atoms with E-state index in [2.05, 4.69) is 10.6 Å². The van der Waals surface area contributed by atoms with Gasteiger partial charge in [-0.2, -0.15) is 0 Å². The summed E-state index contributed by atoms with van der Waals surface area (Å²) in [6.45, 7) is 3.89. The third-order valence-corrected chi connectivity index (χ3v) is 1.14. The van der Waals surface area contributed by atoms with Crippen LogP contribution in [0.1, 0.15) is 0 Å². The summed E-state index contributed by atoms with van der Waals surface area (Å²) < 4.78 is 4.96. The average Bonchev–Trinajstić information content (AvgIpc) is 1.90. The Labute approximate surface area is 49.4 Å². The molecule has 2 N–H and O–H groups in total. The largest absolute Gasteiger partial charge is 0.365 e. The van der Waals surface area contributed by atoms with Crippen molar-refractivity contribution in [1.82, 2.24) is 10.6 Å². The topological polar surface area (TPSA) is 33.3 Å². The lowest BCUT2D eigenvalue weighted by Gasteiger charge is -2.21. The van der Waals surface area contributed by atoms with Gasteiger partial charge >= 0.3 is 0 Å². The Kier molecular flexibility index (Phi) is 2.27. The van der Waals surface area contributed by atoms with E-state index >= 15 is 0 Å². The van der Waals surface area contributed by atoms with E-state index in [1.807, 2.05) is 6.54 Å². The lowest BCUT2D eigenvalue weighted by Crippen LogP contribution is -2.45. The van der Waals surface area contributed by atoms with Crippen molar-refractivity contribution in [3.63, 3.8) is 0 Å². The first-order valence-corrected chi connectivity index (χ1v) is 2.76. The number of hydrogen-bond acceptors (Lipinski definition) is 3. The normalized spacial score (nSPS) is 30.4. The number of nitrogens with one attached hydrogen (secondary N) is 2. The quantitative estimate of drug-likeness (QED) is 0.474. The average molecular weight is 115 g/mol. The van der Waals surface area contributed by atoms with Gasteiger partial charge in [-0.25, -0.2) is 0 Å². The Hall–Kier alpha value is -0.120. The van der Waals surface area contributed by atoms with Crippen LogP contribution in [0.3, 0.4) is 0 Å². The highest BCUT2D eigenvalue weighted by atomic mass is 16.5. The molecule has 1 aliphatic rings. The molecule has 1 aliphatic heterocycles. The summed E-state index contributed by atoms with van der Waals surface area (Å²) in [5.41, 5.74) is 0. The molecule has 0 aliphatic carbocycles. The number of methoxy groups -OCH3 is 1. The monoisotopic (exact) mass is 115 g/mol. The minimum atomic E-state index is 0.101. The van der Waals surface area contributed by atoms with E-state index in [1.165, 1.54) is 0 Å². The van der Waals surface area contributed by atoms with E-state index in [0.29, 0.717) is 0 Å². The van der Waals surface area contributed by atoms with E-state index in [9.17, 15) is 0 Å². The summed E-state index contributed by atoms with van der Waals surface area (Å²) in [7, 11) is 1.68. The summed E-state index contributed by atoms with van der Waals surface area (Å²) in [5, 5.41) is 6.20. The minimum Gasteiger partial charge on any atom is -0.365 e. The summed E-state index contributed by atoms with van der Waals surface area (Å²) in [5.74, 6) is 0. The molecule has 3 nitrogen and oxygen atoms in total. The summed E-state index contributed by atoms with van der Waals surface area (Å²) in [4.78, 5) is 0. The first-order chi connectivity index (χ1) is 3.93. The molecule has 0 spiro atoms. The number of ether oxygens (including phenoxy) is 1. The molecule has 0 aromatic rings. The van der Waals surface area contributed by atoms with Gasteiger partial charge in [0, 0.05) is 20.2 Å². The number of hydrogen-bond donors (Lipinski definition) is 2. The van der Waals surface area contributed by atoms with Crippen LogP contribution in [-0.2, 0) is 4.74 Å². The Morgan fingerprint density at radius 3 is 2.88 bits per heavy atom. The van der Waals surface area contributed by atoms with Crippen LogP contribution in [0.25, 0.3) is 0 Å². The standard InChI is InChI=1S/C5H11N2O/c1-8-5-4-6-2-3-7-5/h4-7H,2-3H2,1H3. The van der Waals surface area contributed by atoms with Crippen molar-refractivity contribution in [3.05, 3.63) is 6.54 Å². The molecule has 47 valence electrons. The van der Waals surface area contributed by atoms with Crippen LogP contribution in [0.15, 0.2) is 0 Å². The van der Waals surface area contributed by atoms with Crippen molar-refractivity contribution < 1.29 is 4.74 Å². The van der Waals surface area contributed by atoms with E-state index in [4.69, 9.17) is 4.74 Å². The fourth-order valence-electron chi connectivity index (χ4n) is 0.687. The molecular weight excluding hydrogens is 104 g/mol. The van der Waals surface area contributed by atoms with Gasteiger partial charge in [-0.3, -0.25) is 5.32 Å². The van der Waals surface area contributed by atoms with Crippen LogP contribution in [0.2, 0.25) is 0 Å². The van der Waals surface area contributed by atoms with Gasteiger partial charge in [0.25, 0.3) is 0 Å². The van der Waals surface area contributed by atoms with Crippen LogP contribution in [0, 0.1) is 6.54 Å². The van der Waals surface area contributed by atoms with Crippen molar-refractivity contribution in [3.8, 4) is 0 Å². The van der Waals surface area contributed by atoms with Crippen molar-refractivity contribution in [2.24, 2.45) is 0 Å². The molecule has 0 bridgehead atoms. The maximum atomic E-state index is 4.96. The maximum absolute atomic E-state index is 4.96. The van der Waals surface area contributed by atoms with Gasteiger partial charge < -0.3 is 10.1 Å². The Morgan fingerprint density at radius 1 is 1.62 bits per heavy atom. The molecule has 0 amide bonds. The lowest BCUT2D eigenvalue weighted by molar-refractivity contribution is 0.0845. The molecule has 1 unspecified atom stereocenters. The maximum Gasteiger partial charge on any atom is 0.124 e. The fraction of sp³-hybridized carbons (Fsp3) is 0.800. The van der Waals surface area contributed by atoms with Gasteiger partial charge in [0.15, 0.2) is 0 Å². The SMILES string of the molecule is COC1[CH]NCCN1. The highest BCUT2D eigenvalue weighted by molar-refractivity contribution is 4.77. The third kappa shape index (κ3) is 1.43. The van der Waals surface area contributed by atoms with Crippen molar-refractivity contribution in [2.75, 3.05) is 20.2 Å². The smallest absolute Gasteiger partial charge is 0.124 e. The van der Waals surface area contributed by atoms with Crippen LogP contribution < -0.4 is 10.6 Å². The van der Waals surface area contributed by atoms with Gasteiger partial charge in [0.05, 0.1) is 6.54 Å². The number of piperazine rings is 1. The zero-order valence-electron chi connectivity index (χ0n) is 4.98. The Morgan fingerprint density at radius 2 is 2.50 bits per heavy atom. The molecule has 1 saturated heterocycles. The molecular formula is C5H11N2O. The van der Waals surface area contributed by atoms with Crippen LogP contribution in [-0.4, -0.2) is 26.4 Å². The Bertz CT molecular complexity index is 61.4. The first-order valence-electron chi connectivity index (χ1n) is 2.76. The van der Waals surface area contributed by atoms with E-state index in [1.54, 1.807) is 7.11 Å². The zero-order chi connectivity index (χ0) is 5.82. The molecule has 0 aromatic carbocycles. The second kappa shape index (κ2) is 3.02. The highest BCUT2D eigenvalue weighted by Crippen LogP contribution is 1.89. The molecule has 1 heterocycles. The molecule has 1 atom stereocenters. The van der Waals surface area contributed by atoms with E-state index < -0.39 is 0 Å². The van der Waals surface area contributed by atoms with Gasteiger partial charge in [-0.1, -0.05) is 0 Å². The molecule has 1 fully saturated rings. The molecule has 1 rings (SSSR count). The van der Waals surface area contributed by atoms with Gasteiger partial charge in [-0.05, 0) is 0 Å². The van der Waals surface area contributed by atoms with E-state index in [-0.39, 0.29) is 6.23 Å². The molecule has 3 heteroatoms. The van der Waals surface area contributed by atoms with Crippen molar-refractivity contribution in [1.29, 1.82) is 0 Å². The van der Waals surface area contributed by atoms with E-state index in [0.717, 1.165) is 13.1 Å². The fourth-order valence-corrected chi connectivity index (χ4v) is 0.687. The van der Waals surface area contributed by atoms with Gasteiger partial charge in [-0.15, -0.1) is 0 Å². The minimum absolute atomic E-state index is 0.101. The second-order valence-corrected chi connectivity index (χ2v) is 1.73. The highest BCUT2D eigenvalue weighted by Gasteiger charge is 2.08. The molecule has 0 aromatic heterocycles. The van der Waals surface area contributed by atoms with Gasteiger partial charge in [0.2, 0.25) is 0 Å². The molecule has 1 radical (unpaired) electrons.